The van der Waals surface area contributed by atoms with Gasteiger partial charge >= 0.3 is 0 Å². The summed E-state index contributed by atoms with van der Waals surface area (Å²) in [6, 6.07) is 43.4. The molecular weight excluding hydrogens is 633 g/mol. The van der Waals surface area contributed by atoms with E-state index in [4.69, 9.17) is 13.9 Å². The first-order chi connectivity index (χ1) is 24.6. The monoisotopic (exact) mass is 659 g/mol. The van der Waals surface area contributed by atoms with Gasteiger partial charge in [0, 0.05) is 53.9 Å². The summed E-state index contributed by atoms with van der Waals surface area (Å²) in [5.41, 5.74) is 10.8. The van der Waals surface area contributed by atoms with Crippen LogP contribution in [0.5, 0.6) is 23.0 Å². The molecule has 5 heterocycles. The molecule has 0 fully saturated rings. The molecule has 7 aromatic carbocycles. The Bertz CT molecular complexity index is 3040. The van der Waals surface area contributed by atoms with E-state index in [2.05, 4.69) is 140 Å². The number of para-hydroxylation sites is 2. The van der Waals surface area contributed by atoms with Crippen LogP contribution in [-0.2, 0) is 0 Å². The van der Waals surface area contributed by atoms with E-state index in [1.165, 1.54) is 47.6 Å². The Morgan fingerprint density at radius 2 is 1.22 bits per heavy atom. The molecule has 12 rings (SSSR count). The van der Waals surface area contributed by atoms with Crippen LogP contribution in [-0.4, -0.2) is 11.3 Å². The van der Waals surface area contributed by atoms with Crippen LogP contribution < -0.4 is 25.9 Å². The molecule has 0 spiro atoms. The Morgan fingerprint density at radius 3 is 1.96 bits per heavy atom. The number of ether oxygens (including phenoxy) is 2. The van der Waals surface area contributed by atoms with Gasteiger partial charge in [-0.05, 0) is 66.2 Å². The van der Waals surface area contributed by atoms with Crippen molar-refractivity contribution in [1.29, 1.82) is 0 Å². The second kappa shape index (κ2) is 9.38. The summed E-state index contributed by atoms with van der Waals surface area (Å²) < 4.78 is 25.4. The lowest BCUT2D eigenvalue weighted by Gasteiger charge is -2.33. The van der Waals surface area contributed by atoms with Gasteiger partial charge in [-0.2, -0.15) is 0 Å². The van der Waals surface area contributed by atoms with E-state index >= 15 is 0 Å². The van der Waals surface area contributed by atoms with Gasteiger partial charge in [0.15, 0.2) is 0 Å². The average Bonchev–Trinajstić information content (AvgIpc) is 3.80. The van der Waals surface area contributed by atoms with Crippen molar-refractivity contribution in [3.8, 4) is 28.7 Å². The molecule has 50 heavy (non-hydrogen) atoms. The van der Waals surface area contributed by atoms with E-state index in [0.29, 0.717) is 0 Å². The largest absolute Gasteiger partial charge is 0.458 e. The van der Waals surface area contributed by atoms with E-state index in [1.54, 1.807) is 0 Å². The Kier molecular flexibility index (Phi) is 5.05. The minimum Gasteiger partial charge on any atom is -0.458 e. The first kappa shape index (κ1) is 26.9. The third-order valence-electron chi connectivity index (χ3n) is 10.8. The molecule has 2 aliphatic rings. The first-order valence-corrected chi connectivity index (χ1v) is 17.8. The van der Waals surface area contributed by atoms with Gasteiger partial charge < -0.3 is 18.5 Å². The van der Waals surface area contributed by atoms with Crippen LogP contribution in [0.1, 0.15) is 11.1 Å². The topological polar surface area (TPSA) is 36.5 Å². The fourth-order valence-electron chi connectivity index (χ4n) is 8.70. The molecule has 0 saturated carbocycles. The number of fused-ring (bicyclic) bond motifs is 16. The van der Waals surface area contributed by atoms with Crippen LogP contribution in [0, 0.1) is 13.8 Å². The highest BCUT2D eigenvalue weighted by molar-refractivity contribution is 7.27. The van der Waals surface area contributed by atoms with Gasteiger partial charge in [0.25, 0.3) is 6.71 Å². The highest BCUT2D eigenvalue weighted by Gasteiger charge is 2.41. The molecule has 6 heteroatoms. The summed E-state index contributed by atoms with van der Waals surface area (Å²) >= 11 is 1.84. The molecule has 4 nitrogen and oxygen atoms in total. The smallest absolute Gasteiger partial charge is 0.260 e. The Balaban J connectivity index is 1.25. The number of hydrogen-bond acceptors (Lipinski definition) is 4. The van der Waals surface area contributed by atoms with Gasteiger partial charge in [0.1, 0.15) is 34.2 Å². The fourth-order valence-corrected chi connectivity index (χ4v) is 9.96. The summed E-state index contributed by atoms with van der Waals surface area (Å²) in [5, 5.41) is 7.08. The van der Waals surface area contributed by atoms with E-state index in [1.807, 2.05) is 11.3 Å². The van der Waals surface area contributed by atoms with Crippen molar-refractivity contribution in [1.82, 2.24) is 4.57 Å². The zero-order chi connectivity index (χ0) is 32.8. The number of nitrogens with zero attached hydrogens (tertiary/aromatic N) is 1. The molecule has 3 aromatic heterocycles. The molecule has 0 bridgehead atoms. The van der Waals surface area contributed by atoms with E-state index in [0.717, 1.165) is 72.5 Å². The molecule has 0 amide bonds. The standard InChI is InChI=1S/C44H26BNO3S/c1-23-15-17-29-33(19-23)47-35-21-25(22-36-41(35)45(29)30-18-16-24(2)20-34(30)48-36)46-31-12-6-3-9-26(31)38-42(46)39-28-11-5-8-14-37(28)50-44(39)40-27-10-4-7-13-32(27)49-43(38)40/h3-22H,1-2H3. The van der Waals surface area contributed by atoms with Crippen LogP contribution in [0.3, 0.4) is 0 Å². The van der Waals surface area contributed by atoms with Crippen molar-refractivity contribution < 1.29 is 13.9 Å². The van der Waals surface area contributed by atoms with Gasteiger partial charge in [-0.1, -0.05) is 78.9 Å². The summed E-state index contributed by atoms with van der Waals surface area (Å²) in [4.78, 5) is 0. The van der Waals surface area contributed by atoms with E-state index in [9.17, 15) is 0 Å². The first-order valence-electron chi connectivity index (χ1n) is 17.0. The highest BCUT2D eigenvalue weighted by atomic mass is 32.1. The van der Waals surface area contributed by atoms with Crippen molar-refractivity contribution in [3.63, 3.8) is 0 Å². The Morgan fingerprint density at radius 1 is 0.580 bits per heavy atom. The average molecular weight is 660 g/mol. The van der Waals surface area contributed by atoms with Crippen molar-refractivity contribution in [3.05, 3.63) is 132 Å². The second-order valence-corrected chi connectivity index (χ2v) is 14.8. The highest BCUT2D eigenvalue weighted by Crippen LogP contribution is 2.51. The summed E-state index contributed by atoms with van der Waals surface area (Å²) in [5.74, 6) is 3.45. The van der Waals surface area contributed by atoms with E-state index in [-0.39, 0.29) is 6.71 Å². The zero-order valence-electron chi connectivity index (χ0n) is 27.2. The lowest BCUT2D eigenvalue weighted by atomic mass is 9.35. The number of thiophene rings is 1. The summed E-state index contributed by atoms with van der Waals surface area (Å²) in [6.07, 6.45) is 0. The van der Waals surface area contributed by atoms with Gasteiger partial charge in [0.05, 0.1) is 22.1 Å². The van der Waals surface area contributed by atoms with E-state index < -0.39 is 0 Å². The quantitative estimate of drug-likeness (QED) is 0.165. The molecule has 0 saturated heterocycles. The Labute approximate surface area is 290 Å². The molecule has 0 radical (unpaired) electrons. The van der Waals surface area contributed by atoms with Crippen LogP contribution in [0.25, 0.3) is 69.6 Å². The lowest BCUT2D eigenvalue weighted by molar-refractivity contribution is 0.464. The van der Waals surface area contributed by atoms with Crippen LogP contribution >= 0.6 is 11.3 Å². The number of furan rings is 1. The third kappa shape index (κ3) is 3.36. The Hall–Kier alpha value is -5.98. The van der Waals surface area contributed by atoms with Crippen molar-refractivity contribution in [2.45, 2.75) is 13.8 Å². The predicted octanol–water partition coefficient (Wildman–Crippen LogP) is 10.4. The van der Waals surface area contributed by atoms with Crippen molar-refractivity contribution >= 4 is 98.4 Å². The van der Waals surface area contributed by atoms with Crippen molar-refractivity contribution in [2.24, 2.45) is 0 Å². The maximum atomic E-state index is 6.85. The minimum absolute atomic E-state index is 0.0172. The maximum Gasteiger partial charge on any atom is 0.260 e. The SMILES string of the molecule is Cc1ccc2c(c1)Oc1cc(-n3c4ccccc4c4c5oc6ccccc6c5c5sc6ccccc6c5c43)cc3c1B2c1ccc(C)cc1O3. The summed E-state index contributed by atoms with van der Waals surface area (Å²) in [6.45, 7) is 4.26. The maximum absolute atomic E-state index is 6.85. The number of hydrogen-bond donors (Lipinski definition) is 0. The van der Waals surface area contributed by atoms with Crippen LogP contribution in [0.4, 0.5) is 0 Å². The third-order valence-corrected chi connectivity index (χ3v) is 12.0. The molecule has 2 aliphatic heterocycles. The molecule has 0 unspecified atom stereocenters. The van der Waals surface area contributed by atoms with Crippen LogP contribution in [0.2, 0.25) is 0 Å². The zero-order valence-corrected chi connectivity index (χ0v) is 28.0. The number of aromatic nitrogens is 1. The van der Waals surface area contributed by atoms with Crippen LogP contribution in [0.15, 0.2) is 126 Å². The molecule has 0 aliphatic carbocycles. The molecule has 234 valence electrons. The number of benzene rings is 7. The number of aryl methyl sites for hydroxylation is 2. The van der Waals surface area contributed by atoms with Gasteiger partial charge in [-0.25, -0.2) is 0 Å². The molecule has 0 N–H and O–H groups in total. The second-order valence-electron chi connectivity index (χ2n) is 13.8. The minimum atomic E-state index is 0.0172. The van der Waals surface area contributed by atoms with Crippen molar-refractivity contribution in [2.75, 3.05) is 0 Å². The number of rotatable bonds is 1. The van der Waals surface area contributed by atoms with Gasteiger partial charge in [-0.15, -0.1) is 11.3 Å². The molecule has 0 atom stereocenters. The summed E-state index contributed by atoms with van der Waals surface area (Å²) in [7, 11) is 0. The molecule has 10 aromatic rings. The molecular formula is C44H26BNO3S. The lowest BCUT2D eigenvalue weighted by Crippen LogP contribution is -2.57. The van der Waals surface area contributed by atoms with Gasteiger partial charge in [-0.3, -0.25) is 0 Å². The predicted molar refractivity (Wildman–Crippen MR) is 208 cm³/mol. The fraction of sp³-hybridized carbons (Fsp3) is 0.0455. The normalized spacial score (nSPS) is 13.3. The van der Waals surface area contributed by atoms with Gasteiger partial charge in [0.2, 0.25) is 0 Å².